The van der Waals surface area contributed by atoms with Crippen LogP contribution in [0.4, 0.5) is 10.5 Å². The number of carbonyl (C=O) groups is 2. The lowest BCUT2D eigenvalue weighted by atomic mass is 9.82. The highest BCUT2D eigenvalue weighted by molar-refractivity contribution is 6.31. The number of carboxylic acids is 1. The third-order valence-corrected chi connectivity index (χ3v) is 3.78. The van der Waals surface area contributed by atoms with Crippen molar-refractivity contribution in [1.82, 2.24) is 4.90 Å². The topological polar surface area (TPSA) is 89.9 Å². The van der Waals surface area contributed by atoms with Gasteiger partial charge in [0, 0.05) is 18.6 Å². The van der Waals surface area contributed by atoms with Crippen LogP contribution in [0, 0.1) is 5.92 Å². The van der Waals surface area contributed by atoms with E-state index in [2.05, 4.69) is 5.32 Å². The molecule has 114 valence electrons. The molecule has 6 nitrogen and oxygen atoms in total. The number of nitrogens with one attached hydrogen (secondary N) is 1. The molecule has 0 bridgehead atoms. The normalized spacial score (nSPS) is 20.5. The van der Waals surface area contributed by atoms with E-state index in [9.17, 15) is 14.7 Å². The predicted molar refractivity (Wildman–Crippen MR) is 78.8 cm³/mol. The highest BCUT2D eigenvalue weighted by Gasteiger charge is 2.29. The number of hydrogen-bond donors (Lipinski definition) is 3. The molecule has 0 aliphatic heterocycles. The fourth-order valence-corrected chi connectivity index (χ4v) is 2.50. The van der Waals surface area contributed by atoms with E-state index in [1.165, 1.54) is 23.1 Å². The fraction of sp³-hybridized carbons (Fsp3) is 0.429. The van der Waals surface area contributed by atoms with Crippen LogP contribution >= 0.6 is 11.6 Å². The van der Waals surface area contributed by atoms with Crippen LogP contribution in [0.5, 0.6) is 0 Å². The second-order valence-corrected chi connectivity index (χ2v) is 5.73. The molecule has 1 aromatic carbocycles. The van der Waals surface area contributed by atoms with Gasteiger partial charge in [0.1, 0.15) is 0 Å². The van der Waals surface area contributed by atoms with Gasteiger partial charge in [-0.05, 0) is 37.0 Å². The number of rotatable bonds is 4. The average Bonchev–Trinajstić information content (AvgIpc) is 2.38. The minimum absolute atomic E-state index is 0.0525. The SMILES string of the molecule is CN(CC1CC(O)C1)C(=O)Nc1ccc(Cl)cc1C(=O)O. The molecule has 1 fully saturated rings. The van der Waals surface area contributed by atoms with E-state index in [4.69, 9.17) is 16.7 Å². The summed E-state index contributed by atoms with van der Waals surface area (Å²) in [7, 11) is 1.64. The zero-order valence-corrected chi connectivity index (χ0v) is 12.3. The number of aliphatic hydroxyl groups is 1. The maximum atomic E-state index is 12.1. The first-order chi connectivity index (χ1) is 9.86. The van der Waals surface area contributed by atoms with Gasteiger partial charge >= 0.3 is 12.0 Å². The highest BCUT2D eigenvalue weighted by Crippen LogP contribution is 2.28. The first-order valence-corrected chi connectivity index (χ1v) is 6.97. The van der Waals surface area contributed by atoms with E-state index in [1.807, 2.05) is 0 Å². The molecule has 0 atom stereocenters. The Hall–Kier alpha value is -1.79. The highest BCUT2D eigenvalue weighted by atomic mass is 35.5. The first-order valence-electron chi connectivity index (χ1n) is 6.60. The van der Waals surface area contributed by atoms with Gasteiger partial charge in [-0.1, -0.05) is 11.6 Å². The lowest BCUT2D eigenvalue weighted by molar-refractivity contribution is 0.0332. The third-order valence-electron chi connectivity index (χ3n) is 3.54. The van der Waals surface area contributed by atoms with E-state index in [0.717, 1.165) is 0 Å². The number of carboxylic acid groups (broad SMARTS) is 1. The molecular formula is C14H17ClN2O4. The lowest BCUT2D eigenvalue weighted by Gasteiger charge is -2.34. The fourth-order valence-electron chi connectivity index (χ4n) is 2.33. The molecule has 0 heterocycles. The van der Waals surface area contributed by atoms with Crippen LogP contribution in [0.25, 0.3) is 0 Å². The maximum absolute atomic E-state index is 12.1. The molecule has 21 heavy (non-hydrogen) atoms. The second-order valence-electron chi connectivity index (χ2n) is 5.30. The zero-order chi connectivity index (χ0) is 15.6. The van der Waals surface area contributed by atoms with Crippen LogP contribution in [0.1, 0.15) is 23.2 Å². The van der Waals surface area contributed by atoms with Gasteiger partial charge in [0.05, 0.1) is 17.4 Å². The number of hydrogen-bond acceptors (Lipinski definition) is 3. The molecule has 0 saturated heterocycles. The summed E-state index contributed by atoms with van der Waals surface area (Å²) in [6.45, 7) is 0.527. The summed E-state index contributed by atoms with van der Waals surface area (Å²) in [5, 5.41) is 21.2. The van der Waals surface area contributed by atoms with Gasteiger partial charge < -0.3 is 20.4 Å². The van der Waals surface area contributed by atoms with Crippen molar-refractivity contribution in [3.8, 4) is 0 Å². The minimum atomic E-state index is -1.16. The Balaban J connectivity index is 2.00. The Kier molecular flexibility index (Phi) is 4.69. The Morgan fingerprint density at radius 1 is 1.43 bits per heavy atom. The van der Waals surface area contributed by atoms with Crippen molar-refractivity contribution in [2.24, 2.45) is 5.92 Å². The van der Waals surface area contributed by atoms with Gasteiger partial charge in [-0.25, -0.2) is 9.59 Å². The van der Waals surface area contributed by atoms with E-state index >= 15 is 0 Å². The second kappa shape index (κ2) is 6.32. The van der Waals surface area contributed by atoms with Crippen molar-refractivity contribution in [1.29, 1.82) is 0 Å². The summed E-state index contributed by atoms with van der Waals surface area (Å²) < 4.78 is 0. The van der Waals surface area contributed by atoms with Gasteiger partial charge in [-0.3, -0.25) is 0 Å². The minimum Gasteiger partial charge on any atom is -0.478 e. The van der Waals surface area contributed by atoms with Crippen LogP contribution in [-0.4, -0.2) is 46.8 Å². The smallest absolute Gasteiger partial charge is 0.337 e. The number of urea groups is 1. The summed E-state index contributed by atoms with van der Waals surface area (Å²) in [6.07, 6.45) is 1.12. The molecule has 7 heteroatoms. The number of carbonyl (C=O) groups excluding carboxylic acids is 1. The number of nitrogens with zero attached hydrogens (tertiary/aromatic N) is 1. The number of aliphatic hydroxyl groups excluding tert-OH is 1. The summed E-state index contributed by atoms with van der Waals surface area (Å²) in [6, 6.07) is 3.89. The molecule has 0 aromatic heterocycles. The van der Waals surface area contributed by atoms with Gasteiger partial charge in [-0.15, -0.1) is 0 Å². The van der Waals surface area contributed by atoms with Crippen molar-refractivity contribution < 1.29 is 19.8 Å². The predicted octanol–water partition coefficient (Wildman–Crippen LogP) is 2.27. The van der Waals surface area contributed by atoms with Gasteiger partial charge in [-0.2, -0.15) is 0 Å². The number of amides is 2. The Morgan fingerprint density at radius 3 is 2.67 bits per heavy atom. The third kappa shape index (κ3) is 3.86. The molecule has 2 rings (SSSR count). The lowest BCUT2D eigenvalue weighted by Crippen LogP contribution is -2.41. The van der Waals surface area contributed by atoms with Crippen molar-refractivity contribution >= 4 is 29.3 Å². The van der Waals surface area contributed by atoms with E-state index in [0.29, 0.717) is 30.3 Å². The standard InChI is InChI=1S/C14H17ClN2O4/c1-17(7-8-4-10(18)5-8)14(21)16-12-3-2-9(15)6-11(12)13(19)20/h2-3,6,8,10,18H,4-5,7H2,1H3,(H,16,21)(H,19,20). The van der Waals surface area contributed by atoms with Crippen molar-refractivity contribution in [2.75, 3.05) is 18.9 Å². The Bertz CT molecular complexity index is 558. The molecule has 0 spiro atoms. The molecule has 3 N–H and O–H groups in total. The Labute approximate surface area is 127 Å². The van der Waals surface area contributed by atoms with Crippen molar-refractivity contribution in [2.45, 2.75) is 18.9 Å². The molecular weight excluding hydrogens is 296 g/mol. The van der Waals surface area contributed by atoms with E-state index in [-0.39, 0.29) is 23.4 Å². The average molecular weight is 313 g/mol. The monoisotopic (exact) mass is 312 g/mol. The van der Waals surface area contributed by atoms with Gasteiger partial charge in [0.2, 0.25) is 0 Å². The molecule has 1 aliphatic carbocycles. The molecule has 2 amide bonds. The van der Waals surface area contributed by atoms with Crippen molar-refractivity contribution in [3.05, 3.63) is 28.8 Å². The van der Waals surface area contributed by atoms with E-state index < -0.39 is 5.97 Å². The maximum Gasteiger partial charge on any atom is 0.337 e. The van der Waals surface area contributed by atoms with E-state index in [1.54, 1.807) is 7.05 Å². The van der Waals surface area contributed by atoms with Crippen LogP contribution in [0.2, 0.25) is 5.02 Å². The quantitative estimate of drug-likeness (QED) is 0.795. The number of benzene rings is 1. The molecule has 0 radical (unpaired) electrons. The number of halogens is 1. The van der Waals surface area contributed by atoms with Crippen LogP contribution < -0.4 is 5.32 Å². The summed E-state index contributed by atoms with van der Waals surface area (Å²) >= 11 is 5.76. The summed E-state index contributed by atoms with van der Waals surface area (Å²) in [5.41, 5.74) is 0.153. The first kappa shape index (κ1) is 15.6. The van der Waals surface area contributed by atoms with Crippen LogP contribution in [0.15, 0.2) is 18.2 Å². The largest absolute Gasteiger partial charge is 0.478 e. The molecule has 1 aromatic rings. The molecule has 1 aliphatic rings. The number of aromatic carboxylic acids is 1. The number of anilines is 1. The van der Waals surface area contributed by atoms with Gasteiger partial charge in [0.15, 0.2) is 0 Å². The van der Waals surface area contributed by atoms with Crippen LogP contribution in [0.3, 0.4) is 0 Å². The molecule has 1 saturated carbocycles. The van der Waals surface area contributed by atoms with Crippen molar-refractivity contribution in [3.63, 3.8) is 0 Å². The van der Waals surface area contributed by atoms with Crippen LogP contribution in [-0.2, 0) is 0 Å². The summed E-state index contributed by atoms with van der Waals surface area (Å²) in [4.78, 5) is 24.7. The molecule has 0 unspecified atom stereocenters. The summed E-state index contributed by atoms with van der Waals surface area (Å²) in [5.74, 6) is -0.863. The Morgan fingerprint density at radius 2 is 2.10 bits per heavy atom. The zero-order valence-electron chi connectivity index (χ0n) is 11.5. The van der Waals surface area contributed by atoms with Gasteiger partial charge in [0.25, 0.3) is 0 Å².